The maximum absolute atomic E-state index is 13.2. The lowest BCUT2D eigenvalue weighted by molar-refractivity contribution is -0.127. The van der Waals surface area contributed by atoms with Crippen molar-refractivity contribution in [2.24, 2.45) is 0 Å². The lowest BCUT2D eigenvalue weighted by Crippen LogP contribution is -2.49. The molecule has 0 atom stereocenters. The average Bonchev–Trinajstić information content (AvgIpc) is 2.37. The van der Waals surface area contributed by atoms with E-state index in [-0.39, 0.29) is 5.91 Å². The summed E-state index contributed by atoms with van der Waals surface area (Å²) in [5, 5.41) is 0. The predicted octanol–water partition coefficient (Wildman–Crippen LogP) is 2.19. The highest BCUT2D eigenvalue weighted by molar-refractivity contribution is 5.92. The molecule has 1 fully saturated rings. The number of anilines is 1. The molecule has 19 heavy (non-hydrogen) atoms. The van der Waals surface area contributed by atoms with Gasteiger partial charge in [-0.2, -0.15) is 0 Å². The smallest absolute Gasteiger partial charge is 0.249 e. The monoisotopic (exact) mass is 266 g/mol. The van der Waals surface area contributed by atoms with Crippen LogP contribution in [0, 0.1) is 11.6 Å². The Kier molecular flexibility index (Phi) is 3.83. The summed E-state index contributed by atoms with van der Waals surface area (Å²) in [6, 6.07) is 3.46. The maximum atomic E-state index is 13.2. The van der Waals surface area contributed by atoms with Crippen molar-refractivity contribution in [3.05, 3.63) is 42.0 Å². The second-order valence-corrected chi connectivity index (χ2v) is 4.69. The number of benzene rings is 1. The molecule has 0 bridgehead atoms. The zero-order valence-corrected chi connectivity index (χ0v) is 10.8. The molecular formula is C14H16F2N2O. The van der Waals surface area contributed by atoms with Crippen LogP contribution in [0.3, 0.4) is 0 Å². The molecule has 0 spiro atoms. The quantitative estimate of drug-likeness (QED) is 0.766. The topological polar surface area (TPSA) is 23.6 Å². The van der Waals surface area contributed by atoms with Crippen LogP contribution in [0.15, 0.2) is 30.4 Å². The van der Waals surface area contributed by atoms with E-state index in [9.17, 15) is 13.6 Å². The van der Waals surface area contributed by atoms with Gasteiger partial charge >= 0.3 is 0 Å². The summed E-state index contributed by atoms with van der Waals surface area (Å²) in [7, 11) is 0. The molecule has 1 amide bonds. The number of rotatable bonds is 2. The average molecular weight is 266 g/mol. The number of amides is 1. The Morgan fingerprint density at radius 2 is 1.63 bits per heavy atom. The number of carbonyl (C=O) groups excluding carboxylic acids is 1. The molecule has 0 saturated carbocycles. The van der Waals surface area contributed by atoms with E-state index in [0.29, 0.717) is 37.4 Å². The molecule has 102 valence electrons. The minimum atomic E-state index is -0.588. The van der Waals surface area contributed by atoms with Crippen LogP contribution in [-0.4, -0.2) is 37.0 Å². The first-order valence-corrected chi connectivity index (χ1v) is 6.13. The van der Waals surface area contributed by atoms with Crippen LogP contribution >= 0.6 is 0 Å². The zero-order chi connectivity index (χ0) is 14.0. The molecule has 0 unspecified atom stereocenters. The van der Waals surface area contributed by atoms with Crippen LogP contribution in [-0.2, 0) is 4.79 Å². The van der Waals surface area contributed by atoms with Crippen LogP contribution in [0.2, 0.25) is 0 Å². The van der Waals surface area contributed by atoms with Gasteiger partial charge in [0.2, 0.25) is 5.91 Å². The van der Waals surface area contributed by atoms with E-state index in [1.807, 2.05) is 4.90 Å². The Bertz CT molecular complexity index is 488. The first-order valence-electron chi connectivity index (χ1n) is 6.13. The van der Waals surface area contributed by atoms with Gasteiger partial charge in [-0.1, -0.05) is 6.58 Å². The fourth-order valence-electron chi connectivity index (χ4n) is 2.16. The molecule has 5 heteroatoms. The molecule has 1 aromatic carbocycles. The Morgan fingerprint density at radius 1 is 1.11 bits per heavy atom. The molecule has 0 aromatic heterocycles. The van der Waals surface area contributed by atoms with Gasteiger partial charge in [0.1, 0.15) is 11.6 Å². The van der Waals surface area contributed by atoms with Gasteiger partial charge in [-0.05, 0) is 19.1 Å². The first-order chi connectivity index (χ1) is 8.97. The second-order valence-electron chi connectivity index (χ2n) is 4.69. The third-order valence-corrected chi connectivity index (χ3v) is 3.14. The van der Waals surface area contributed by atoms with E-state index in [1.165, 1.54) is 12.1 Å². The Morgan fingerprint density at radius 3 is 2.11 bits per heavy atom. The number of hydrogen-bond donors (Lipinski definition) is 0. The summed E-state index contributed by atoms with van der Waals surface area (Å²) in [6.45, 7) is 7.48. The minimum Gasteiger partial charge on any atom is -0.368 e. The largest absolute Gasteiger partial charge is 0.368 e. The molecule has 3 nitrogen and oxygen atoms in total. The van der Waals surface area contributed by atoms with Crippen LogP contribution in [0.25, 0.3) is 0 Å². The maximum Gasteiger partial charge on any atom is 0.249 e. The van der Waals surface area contributed by atoms with Crippen LogP contribution in [0.1, 0.15) is 6.92 Å². The number of piperazine rings is 1. The van der Waals surface area contributed by atoms with Crippen molar-refractivity contribution in [2.45, 2.75) is 6.92 Å². The summed E-state index contributed by atoms with van der Waals surface area (Å²) in [5.41, 5.74) is 1.02. The molecular weight excluding hydrogens is 250 g/mol. The highest BCUT2D eigenvalue weighted by Gasteiger charge is 2.21. The van der Waals surface area contributed by atoms with E-state index in [4.69, 9.17) is 0 Å². The van der Waals surface area contributed by atoms with Gasteiger partial charge in [-0.15, -0.1) is 0 Å². The summed E-state index contributed by atoms with van der Waals surface area (Å²) < 4.78 is 26.3. The van der Waals surface area contributed by atoms with E-state index in [2.05, 4.69) is 6.58 Å². The van der Waals surface area contributed by atoms with Gasteiger partial charge in [0.05, 0.1) is 0 Å². The lowest BCUT2D eigenvalue weighted by Gasteiger charge is -2.36. The normalized spacial score (nSPS) is 15.5. The third kappa shape index (κ3) is 3.10. The van der Waals surface area contributed by atoms with Crippen molar-refractivity contribution >= 4 is 11.6 Å². The lowest BCUT2D eigenvalue weighted by atomic mass is 10.2. The predicted molar refractivity (Wildman–Crippen MR) is 70.0 cm³/mol. The van der Waals surface area contributed by atoms with Crippen LogP contribution in [0.5, 0.6) is 0 Å². The molecule has 1 aliphatic rings. The van der Waals surface area contributed by atoms with Gasteiger partial charge < -0.3 is 9.80 Å². The van der Waals surface area contributed by atoms with Crippen molar-refractivity contribution in [1.82, 2.24) is 4.90 Å². The van der Waals surface area contributed by atoms with Crippen molar-refractivity contribution in [3.63, 3.8) is 0 Å². The van der Waals surface area contributed by atoms with E-state index in [1.54, 1.807) is 11.8 Å². The van der Waals surface area contributed by atoms with Gasteiger partial charge in [0.15, 0.2) is 0 Å². The van der Waals surface area contributed by atoms with Gasteiger partial charge in [-0.3, -0.25) is 4.79 Å². The Labute approximate surface area is 111 Å². The molecule has 0 N–H and O–H groups in total. The van der Waals surface area contributed by atoms with Gasteiger partial charge in [0, 0.05) is 43.5 Å². The van der Waals surface area contributed by atoms with E-state index >= 15 is 0 Å². The standard InChI is InChI=1S/C14H16F2N2O/c1-10(2)14(19)18-5-3-17(4-6-18)13-8-11(15)7-12(16)9-13/h7-9H,1,3-6H2,2H3. The third-order valence-electron chi connectivity index (χ3n) is 3.14. The summed E-state index contributed by atoms with van der Waals surface area (Å²) >= 11 is 0. The molecule has 1 saturated heterocycles. The molecule has 2 rings (SSSR count). The van der Waals surface area contributed by atoms with Crippen molar-refractivity contribution < 1.29 is 13.6 Å². The van der Waals surface area contributed by atoms with E-state index < -0.39 is 11.6 Å². The van der Waals surface area contributed by atoms with Gasteiger partial charge in [0.25, 0.3) is 0 Å². The summed E-state index contributed by atoms with van der Waals surface area (Å²) in [4.78, 5) is 15.3. The van der Waals surface area contributed by atoms with E-state index in [0.717, 1.165) is 6.07 Å². The number of nitrogens with zero attached hydrogens (tertiary/aromatic N) is 2. The minimum absolute atomic E-state index is 0.0647. The highest BCUT2D eigenvalue weighted by Crippen LogP contribution is 2.20. The zero-order valence-electron chi connectivity index (χ0n) is 10.8. The van der Waals surface area contributed by atoms with Crippen molar-refractivity contribution in [3.8, 4) is 0 Å². The first kappa shape index (κ1) is 13.5. The molecule has 0 aliphatic carbocycles. The van der Waals surface area contributed by atoms with Crippen molar-refractivity contribution in [2.75, 3.05) is 31.1 Å². The van der Waals surface area contributed by atoms with Crippen molar-refractivity contribution in [1.29, 1.82) is 0 Å². The second kappa shape index (κ2) is 5.38. The number of carbonyl (C=O) groups is 1. The number of hydrogen-bond acceptors (Lipinski definition) is 2. The SMILES string of the molecule is C=C(C)C(=O)N1CCN(c2cc(F)cc(F)c2)CC1. The summed E-state index contributed by atoms with van der Waals surface area (Å²) in [5.74, 6) is -1.24. The molecule has 1 aliphatic heterocycles. The molecule has 0 radical (unpaired) electrons. The van der Waals surface area contributed by atoms with Gasteiger partial charge in [-0.25, -0.2) is 8.78 Å². The van der Waals surface area contributed by atoms with Crippen LogP contribution in [0.4, 0.5) is 14.5 Å². The fourth-order valence-corrected chi connectivity index (χ4v) is 2.16. The Balaban J connectivity index is 2.03. The molecule has 1 heterocycles. The number of halogens is 2. The molecule has 1 aromatic rings. The highest BCUT2D eigenvalue weighted by atomic mass is 19.1. The van der Waals surface area contributed by atoms with Crippen LogP contribution < -0.4 is 4.90 Å². The Hall–Kier alpha value is -1.91. The fraction of sp³-hybridized carbons (Fsp3) is 0.357. The summed E-state index contributed by atoms with van der Waals surface area (Å²) in [6.07, 6.45) is 0.